The van der Waals surface area contributed by atoms with Crippen LogP contribution in [0.3, 0.4) is 0 Å². The average molecular weight is 160 g/mol. The summed E-state index contributed by atoms with van der Waals surface area (Å²) in [5.74, 6) is 0.335. The van der Waals surface area contributed by atoms with Crippen LogP contribution >= 0.6 is 0 Å². The summed E-state index contributed by atoms with van der Waals surface area (Å²) in [6, 6.07) is 0. The number of rotatable bonds is 1. The van der Waals surface area contributed by atoms with Crippen molar-refractivity contribution >= 4 is 16.6 Å². The average Bonchev–Trinajstić information content (AvgIpc) is 1.88. The first-order valence-electron chi connectivity index (χ1n) is 3.54. The normalized spacial score (nSPS) is 24.7. The maximum absolute atomic E-state index is 10.9. The first kappa shape index (κ1) is 7.92. The van der Waals surface area contributed by atoms with Crippen LogP contribution in [0, 0.1) is 0 Å². The summed E-state index contributed by atoms with van der Waals surface area (Å²) < 4.78 is 10.9. The van der Waals surface area contributed by atoms with Gasteiger partial charge in [0.25, 0.3) is 0 Å². The Hall–Kier alpha value is -0.180. The lowest BCUT2D eigenvalue weighted by Gasteiger charge is -2.17. The zero-order valence-corrected chi connectivity index (χ0v) is 6.95. The van der Waals surface area contributed by atoms with E-state index < -0.39 is 10.8 Å². The molecule has 10 heavy (non-hydrogen) atoms. The molecule has 1 saturated carbocycles. The van der Waals surface area contributed by atoms with Crippen LogP contribution in [0.15, 0.2) is 0 Å². The van der Waals surface area contributed by atoms with Gasteiger partial charge in [0.05, 0.1) is 0 Å². The van der Waals surface area contributed by atoms with Crippen molar-refractivity contribution in [3.63, 3.8) is 0 Å². The molecule has 1 rings (SSSR count). The molecule has 0 saturated heterocycles. The van der Waals surface area contributed by atoms with Gasteiger partial charge in [-0.3, -0.25) is 9.00 Å². The predicted octanol–water partition coefficient (Wildman–Crippen LogP) is 0.877. The molecule has 0 N–H and O–H groups in total. The summed E-state index contributed by atoms with van der Waals surface area (Å²) in [6.07, 6.45) is 4.68. The summed E-state index contributed by atoms with van der Waals surface area (Å²) in [5.41, 5.74) is 0. The Kier molecular flexibility index (Phi) is 2.60. The molecule has 0 aromatic rings. The van der Waals surface area contributed by atoms with E-state index in [2.05, 4.69) is 0 Å². The first-order valence-corrected chi connectivity index (χ1v) is 5.16. The molecule has 0 heterocycles. The minimum absolute atomic E-state index is 0.290. The molecule has 0 spiro atoms. The lowest BCUT2D eigenvalue weighted by Crippen LogP contribution is -2.21. The second kappa shape index (κ2) is 3.28. The van der Waals surface area contributed by atoms with Crippen LogP contribution in [0.1, 0.15) is 25.7 Å². The van der Waals surface area contributed by atoms with E-state index in [9.17, 15) is 9.00 Å². The van der Waals surface area contributed by atoms with E-state index in [1.165, 1.54) is 0 Å². The van der Waals surface area contributed by atoms with E-state index in [1.807, 2.05) is 0 Å². The van der Waals surface area contributed by atoms with Crippen LogP contribution in [0.25, 0.3) is 0 Å². The fourth-order valence-corrected chi connectivity index (χ4v) is 2.14. The van der Waals surface area contributed by atoms with Gasteiger partial charge in [-0.1, -0.05) is 0 Å². The minimum atomic E-state index is -0.719. The quantitative estimate of drug-likeness (QED) is 0.570. The van der Waals surface area contributed by atoms with Crippen molar-refractivity contribution in [2.45, 2.75) is 30.9 Å². The summed E-state index contributed by atoms with van der Waals surface area (Å²) in [5, 5.41) is 0.290. The lowest BCUT2D eigenvalue weighted by molar-refractivity contribution is -0.120. The predicted molar refractivity (Wildman–Crippen MR) is 41.3 cm³/mol. The van der Waals surface area contributed by atoms with Crippen molar-refractivity contribution in [2.75, 3.05) is 6.26 Å². The van der Waals surface area contributed by atoms with Gasteiger partial charge in [-0.2, -0.15) is 0 Å². The molecular formula is C7H12O2S. The molecule has 1 unspecified atom stereocenters. The van der Waals surface area contributed by atoms with Gasteiger partial charge in [0.15, 0.2) is 0 Å². The number of hydrogen-bond donors (Lipinski definition) is 0. The van der Waals surface area contributed by atoms with Crippen LogP contribution < -0.4 is 0 Å². The summed E-state index contributed by atoms with van der Waals surface area (Å²) in [4.78, 5) is 10.7. The molecule has 0 aromatic carbocycles. The van der Waals surface area contributed by atoms with Crippen LogP contribution in [0.4, 0.5) is 0 Å². The van der Waals surface area contributed by atoms with E-state index in [1.54, 1.807) is 6.26 Å². The fourth-order valence-electron chi connectivity index (χ4n) is 1.25. The van der Waals surface area contributed by atoms with Crippen molar-refractivity contribution < 1.29 is 9.00 Å². The molecular weight excluding hydrogens is 148 g/mol. The summed E-state index contributed by atoms with van der Waals surface area (Å²) in [7, 11) is -0.719. The Morgan fingerprint density at radius 2 is 1.90 bits per heavy atom. The highest BCUT2D eigenvalue weighted by Crippen LogP contribution is 2.18. The van der Waals surface area contributed by atoms with Gasteiger partial charge >= 0.3 is 0 Å². The summed E-state index contributed by atoms with van der Waals surface area (Å²) >= 11 is 0. The molecule has 0 amide bonds. The third-order valence-corrected chi connectivity index (χ3v) is 3.37. The Balaban J connectivity index is 2.40. The largest absolute Gasteiger partial charge is 0.300 e. The Morgan fingerprint density at radius 3 is 2.30 bits per heavy atom. The first-order chi connectivity index (χ1) is 4.70. The van der Waals surface area contributed by atoms with Gasteiger partial charge in [-0.25, -0.2) is 0 Å². The molecule has 0 bridgehead atoms. The Labute approximate surface area is 63.5 Å². The highest BCUT2D eigenvalue weighted by Gasteiger charge is 2.20. The van der Waals surface area contributed by atoms with E-state index in [0.717, 1.165) is 12.8 Å². The van der Waals surface area contributed by atoms with Crippen LogP contribution in [-0.4, -0.2) is 21.5 Å². The second-order valence-corrected chi connectivity index (χ2v) is 4.40. The number of ketones is 1. The van der Waals surface area contributed by atoms with Gasteiger partial charge in [-0.05, 0) is 12.8 Å². The molecule has 0 radical (unpaired) electrons. The second-order valence-electron chi connectivity index (χ2n) is 2.74. The SMILES string of the molecule is CS(=O)C1CCC(=O)CC1. The molecule has 0 aliphatic heterocycles. The van der Waals surface area contributed by atoms with Crippen molar-refractivity contribution in [1.29, 1.82) is 0 Å². The Morgan fingerprint density at radius 1 is 1.40 bits per heavy atom. The van der Waals surface area contributed by atoms with E-state index >= 15 is 0 Å². The fraction of sp³-hybridized carbons (Fsp3) is 0.857. The highest BCUT2D eigenvalue weighted by atomic mass is 32.2. The molecule has 58 valence electrons. The van der Waals surface area contributed by atoms with Crippen molar-refractivity contribution in [3.05, 3.63) is 0 Å². The topological polar surface area (TPSA) is 34.1 Å². The van der Waals surface area contributed by atoms with E-state index in [4.69, 9.17) is 0 Å². The van der Waals surface area contributed by atoms with Crippen LogP contribution in [0.2, 0.25) is 0 Å². The highest BCUT2D eigenvalue weighted by molar-refractivity contribution is 7.84. The zero-order chi connectivity index (χ0) is 7.56. The smallest absolute Gasteiger partial charge is 0.132 e. The molecule has 1 aliphatic rings. The van der Waals surface area contributed by atoms with Gasteiger partial charge < -0.3 is 0 Å². The van der Waals surface area contributed by atoms with Gasteiger partial charge in [0, 0.05) is 35.1 Å². The third kappa shape index (κ3) is 1.90. The minimum Gasteiger partial charge on any atom is -0.300 e. The zero-order valence-electron chi connectivity index (χ0n) is 6.13. The molecule has 1 atom stereocenters. The van der Waals surface area contributed by atoms with Crippen LogP contribution in [0.5, 0.6) is 0 Å². The number of carbonyl (C=O) groups is 1. The maximum Gasteiger partial charge on any atom is 0.132 e. The molecule has 0 aromatic heterocycles. The standard InChI is InChI=1S/C7H12O2S/c1-10(9)7-4-2-6(8)3-5-7/h7H,2-5H2,1H3. The van der Waals surface area contributed by atoms with Gasteiger partial charge in [-0.15, -0.1) is 0 Å². The van der Waals surface area contributed by atoms with E-state index in [-0.39, 0.29) is 5.25 Å². The van der Waals surface area contributed by atoms with E-state index in [0.29, 0.717) is 18.6 Å². The lowest BCUT2D eigenvalue weighted by atomic mass is 9.99. The third-order valence-electron chi connectivity index (χ3n) is 1.96. The monoisotopic (exact) mass is 160 g/mol. The van der Waals surface area contributed by atoms with Crippen molar-refractivity contribution in [3.8, 4) is 0 Å². The van der Waals surface area contributed by atoms with Crippen LogP contribution in [-0.2, 0) is 15.6 Å². The molecule has 1 fully saturated rings. The maximum atomic E-state index is 10.9. The molecule has 1 aliphatic carbocycles. The summed E-state index contributed by atoms with van der Waals surface area (Å²) in [6.45, 7) is 0. The molecule has 3 heteroatoms. The number of hydrogen-bond acceptors (Lipinski definition) is 2. The number of carbonyl (C=O) groups excluding carboxylic acids is 1. The Bertz CT molecular complexity index is 155. The van der Waals surface area contributed by atoms with Gasteiger partial charge in [0.1, 0.15) is 5.78 Å². The molecule has 2 nitrogen and oxygen atoms in total. The van der Waals surface area contributed by atoms with Crippen molar-refractivity contribution in [1.82, 2.24) is 0 Å². The van der Waals surface area contributed by atoms with Gasteiger partial charge in [0.2, 0.25) is 0 Å². The van der Waals surface area contributed by atoms with Crippen molar-refractivity contribution in [2.24, 2.45) is 0 Å². The number of Topliss-reactive ketones (excluding diaryl/α,β-unsaturated/α-hetero) is 1.